The number of hydrogen-bond acceptors (Lipinski definition) is 5. The van der Waals surface area contributed by atoms with Gasteiger partial charge in [0.2, 0.25) is 0 Å². The lowest BCUT2D eigenvalue weighted by Gasteiger charge is -2.29. The third-order valence-corrected chi connectivity index (χ3v) is 2.92. The van der Waals surface area contributed by atoms with Crippen LogP contribution >= 0.6 is 15.9 Å². The zero-order chi connectivity index (χ0) is 12.4. The molecule has 1 aliphatic rings. The van der Waals surface area contributed by atoms with Gasteiger partial charge in [-0.3, -0.25) is 14.3 Å². The third-order valence-electron chi connectivity index (χ3n) is 2.35. The number of nitrogens with one attached hydrogen (secondary N) is 1. The highest BCUT2D eigenvalue weighted by molar-refractivity contribution is 9.10. The standard InChI is InChI=1S/C9H11BrN2O5/c10-6-1-12(9(15)11-8(6)14)7-4-16-3-5(2-13)17-7/h1,5,7,13H,2-4H2,(H,11,14,15). The molecule has 0 aromatic carbocycles. The van der Waals surface area contributed by atoms with Gasteiger partial charge in [-0.2, -0.15) is 0 Å². The molecule has 0 saturated carbocycles. The number of nitrogens with zero attached hydrogens (tertiary/aromatic N) is 1. The number of ether oxygens (including phenoxy) is 2. The van der Waals surface area contributed by atoms with E-state index in [4.69, 9.17) is 14.6 Å². The summed E-state index contributed by atoms with van der Waals surface area (Å²) in [5, 5.41) is 8.96. The smallest absolute Gasteiger partial charge is 0.330 e. The average molecular weight is 307 g/mol. The van der Waals surface area contributed by atoms with Crippen molar-refractivity contribution in [2.75, 3.05) is 19.8 Å². The minimum atomic E-state index is -0.651. The lowest BCUT2D eigenvalue weighted by atomic mass is 10.3. The van der Waals surface area contributed by atoms with E-state index in [2.05, 4.69) is 20.9 Å². The fraction of sp³-hybridized carbons (Fsp3) is 0.556. The zero-order valence-corrected chi connectivity index (χ0v) is 10.3. The minimum absolute atomic E-state index is 0.185. The third kappa shape index (κ3) is 2.65. The van der Waals surface area contributed by atoms with Crippen LogP contribution in [0.3, 0.4) is 0 Å². The van der Waals surface area contributed by atoms with Gasteiger partial charge >= 0.3 is 5.69 Å². The maximum Gasteiger partial charge on any atom is 0.330 e. The molecule has 7 nitrogen and oxygen atoms in total. The first kappa shape index (κ1) is 12.5. The second kappa shape index (κ2) is 5.13. The topological polar surface area (TPSA) is 93.6 Å². The predicted octanol–water partition coefficient (Wildman–Crippen LogP) is -0.795. The van der Waals surface area contributed by atoms with Crippen LogP contribution in [0.25, 0.3) is 0 Å². The van der Waals surface area contributed by atoms with E-state index in [1.165, 1.54) is 10.8 Å². The lowest BCUT2D eigenvalue weighted by Crippen LogP contribution is -2.41. The van der Waals surface area contributed by atoms with Crippen molar-refractivity contribution in [2.24, 2.45) is 0 Å². The molecule has 1 saturated heterocycles. The van der Waals surface area contributed by atoms with Gasteiger partial charge < -0.3 is 14.6 Å². The second-order valence-electron chi connectivity index (χ2n) is 3.58. The molecule has 1 aromatic rings. The number of halogens is 1. The average Bonchev–Trinajstić information content (AvgIpc) is 2.34. The Labute approximate surface area is 104 Å². The molecule has 94 valence electrons. The van der Waals surface area contributed by atoms with Gasteiger partial charge in [0.25, 0.3) is 5.56 Å². The summed E-state index contributed by atoms with van der Waals surface area (Å²) >= 11 is 3.03. The highest BCUT2D eigenvalue weighted by Gasteiger charge is 2.24. The van der Waals surface area contributed by atoms with Crippen LogP contribution in [0.4, 0.5) is 0 Å². The van der Waals surface area contributed by atoms with E-state index in [-0.39, 0.29) is 24.3 Å². The van der Waals surface area contributed by atoms with Gasteiger partial charge in [-0.15, -0.1) is 0 Å². The summed E-state index contributed by atoms with van der Waals surface area (Å²) < 4.78 is 12.1. The SMILES string of the molecule is O=c1[nH]c(=O)n(C2COCC(CO)O2)cc1Br. The summed E-state index contributed by atoms with van der Waals surface area (Å²) in [5.41, 5.74) is -1.08. The Bertz CT molecular complexity index is 511. The summed E-state index contributed by atoms with van der Waals surface area (Å²) in [4.78, 5) is 24.9. The molecular formula is C9H11BrN2O5. The van der Waals surface area contributed by atoms with Crippen LogP contribution in [0.5, 0.6) is 0 Å². The molecule has 0 bridgehead atoms. The summed E-state index contributed by atoms with van der Waals surface area (Å²) in [7, 11) is 0. The van der Waals surface area contributed by atoms with E-state index in [1.807, 2.05) is 0 Å². The molecule has 0 amide bonds. The van der Waals surface area contributed by atoms with Gasteiger partial charge in [0, 0.05) is 6.20 Å². The molecule has 2 atom stereocenters. The monoisotopic (exact) mass is 306 g/mol. The number of hydrogen-bond donors (Lipinski definition) is 2. The van der Waals surface area contributed by atoms with Crippen molar-refractivity contribution in [1.29, 1.82) is 0 Å². The largest absolute Gasteiger partial charge is 0.394 e. The van der Waals surface area contributed by atoms with Crippen molar-refractivity contribution >= 4 is 15.9 Å². The Balaban J connectivity index is 2.31. The van der Waals surface area contributed by atoms with Crippen LogP contribution in [0.2, 0.25) is 0 Å². The summed E-state index contributed by atoms with van der Waals surface area (Å²) in [6.45, 7) is 0.289. The van der Waals surface area contributed by atoms with Gasteiger partial charge in [0.05, 0.1) is 24.3 Å². The number of aliphatic hydroxyl groups is 1. The van der Waals surface area contributed by atoms with Crippen LogP contribution in [-0.4, -0.2) is 40.6 Å². The number of aliphatic hydroxyl groups excluding tert-OH is 1. The highest BCUT2D eigenvalue weighted by atomic mass is 79.9. The second-order valence-corrected chi connectivity index (χ2v) is 4.43. The molecule has 8 heteroatoms. The van der Waals surface area contributed by atoms with Gasteiger partial charge in [0.15, 0.2) is 6.23 Å². The maximum atomic E-state index is 11.6. The molecule has 17 heavy (non-hydrogen) atoms. The highest BCUT2D eigenvalue weighted by Crippen LogP contribution is 2.16. The first-order valence-electron chi connectivity index (χ1n) is 4.97. The van der Waals surface area contributed by atoms with Crippen LogP contribution in [0.1, 0.15) is 6.23 Å². The molecule has 0 radical (unpaired) electrons. The van der Waals surface area contributed by atoms with Crippen molar-refractivity contribution in [1.82, 2.24) is 9.55 Å². The Hall–Kier alpha value is -0.960. The van der Waals surface area contributed by atoms with E-state index >= 15 is 0 Å². The molecule has 1 aliphatic heterocycles. The van der Waals surface area contributed by atoms with E-state index in [0.29, 0.717) is 0 Å². The van der Waals surface area contributed by atoms with Gasteiger partial charge in [-0.1, -0.05) is 0 Å². The van der Waals surface area contributed by atoms with Crippen molar-refractivity contribution in [3.63, 3.8) is 0 Å². The van der Waals surface area contributed by atoms with Crippen LogP contribution in [0.15, 0.2) is 20.3 Å². The van der Waals surface area contributed by atoms with E-state index in [1.54, 1.807) is 0 Å². The van der Waals surface area contributed by atoms with Crippen LogP contribution < -0.4 is 11.2 Å². The molecule has 0 aliphatic carbocycles. The zero-order valence-electron chi connectivity index (χ0n) is 8.76. The molecule has 0 spiro atoms. The van der Waals surface area contributed by atoms with Gasteiger partial charge in [0.1, 0.15) is 6.10 Å². The summed E-state index contributed by atoms with van der Waals surface area (Å²) in [5.74, 6) is 0. The van der Waals surface area contributed by atoms with E-state index in [0.717, 1.165) is 0 Å². The molecular weight excluding hydrogens is 296 g/mol. The fourth-order valence-corrected chi connectivity index (χ4v) is 1.84. The Morgan fingerprint density at radius 1 is 1.53 bits per heavy atom. The number of rotatable bonds is 2. The van der Waals surface area contributed by atoms with Crippen molar-refractivity contribution in [2.45, 2.75) is 12.3 Å². The van der Waals surface area contributed by atoms with Gasteiger partial charge in [-0.25, -0.2) is 4.79 Å². The number of H-pyrrole nitrogens is 1. The van der Waals surface area contributed by atoms with Crippen LogP contribution in [0, 0.1) is 0 Å². The van der Waals surface area contributed by atoms with Crippen molar-refractivity contribution < 1.29 is 14.6 Å². The molecule has 2 N–H and O–H groups in total. The van der Waals surface area contributed by atoms with Crippen molar-refractivity contribution in [3.8, 4) is 0 Å². The Morgan fingerprint density at radius 3 is 3.00 bits per heavy atom. The van der Waals surface area contributed by atoms with E-state index < -0.39 is 23.6 Å². The first-order chi connectivity index (χ1) is 8.11. The molecule has 2 unspecified atom stereocenters. The quantitative estimate of drug-likeness (QED) is 0.746. The normalized spacial score (nSPS) is 24.8. The molecule has 1 aromatic heterocycles. The van der Waals surface area contributed by atoms with Crippen LogP contribution in [-0.2, 0) is 9.47 Å². The minimum Gasteiger partial charge on any atom is -0.394 e. The van der Waals surface area contributed by atoms with Gasteiger partial charge in [-0.05, 0) is 15.9 Å². The van der Waals surface area contributed by atoms with E-state index in [9.17, 15) is 9.59 Å². The maximum absolute atomic E-state index is 11.6. The lowest BCUT2D eigenvalue weighted by molar-refractivity contribution is -0.180. The summed E-state index contributed by atoms with van der Waals surface area (Å²) in [6.07, 6.45) is 0.225. The Kier molecular flexibility index (Phi) is 3.77. The number of aromatic amines is 1. The fourth-order valence-electron chi connectivity index (χ4n) is 1.52. The summed E-state index contributed by atoms with van der Waals surface area (Å²) in [6, 6.07) is 0. The molecule has 2 heterocycles. The molecule has 2 rings (SSSR count). The first-order valence-corrected chi connectivity index (χ1v) is 5.76. The predicted molar refractivity (Wildman–Crippen MR) is 60.8 cm³/mol. The Morgan fingerprint density at radius 2 is 2.29 bits per heavy atom. The molecule has 1 fully saturated rings. The van der Waals surface area contributed by atoms with Crippen molar-refractivity contribution in [3.05, 3.63) is 31.5 Å². The number of aromatic nitrogens is 2.